The molecule has 2 N–H and O–H groups in total. The summed E-state index contributed by atoms with van der Waals surface area (Å²) in [4.78, 5) is 23.6. The maximum Gasteiger partial charge on any atom is 0.277 e. The van der Waals surface area contributed by atoms with Crippen LogP contribution in [0.25, 0.3) is 0 Å². The molecule has 0 aliphatic heterocycles. The Labute approximate surface area is 176 Å². The third kappa shape index (κ3) is 8.22. The first-order valence-corrected chi connectivity index (χ1v) is 9.38. The Morgan fingerprint density at radius 1 is 0.933 bits per heavy atom. The first-order chi connectivity index (χ1) is 14.3. The van der Waals surface area contributed by atoms with Gasteiger partial charge in [-0.25, -0.2) is 5.43 Å². The predicted molar refractivity (Wildman–Crippen MR) is 114 cm³/mol. The zero-order valence-electron chi connectivity index (χ0n) is 17.6. The number of amides is 2. The van der Waals surface area contributed by atoms with E-state index in [-0.39, 0.29) is 24.7 Å². The van der Waals surface area contributed by atoms with Gasteiger partial charge < -0.3 is 19.5 Å². The number of hydrogen-bond donors (Lipinski definition) is 2. The predicted octanol–water partition coefficient (Wildman–Crippen LogP) is 2.52. The highest BCUT2D eigenvalue weighted by atomic mass is 16.5. The Kier molecular flexibility index (Phi) is 8.22. The van der Waals surface area contributed by atoms with E-state index in [2.05, 4.69) is 15.8 Å². The summed E-state index contributed by atoms with van der Waals surface area (Å²) >= 11 is 0. The number of carbonyl (C=O) groups excluding carboxylic acids is 2. The van der Waals surface area contributed by atoms with Crippen LogP contribution < -0.4 is 25.0 Å². The van der Waals surface area contributed by atoms with Gasteiger partial charge in [0, 0.05) is 5.54 Å². The van der Waals surface area contributed by atoms with E-state index in [0.717, 1.165) is 5.56 Å². The van der Waals surface area contributed by atoms with Crippen LogP contribution in [0.2, 0.25) is 0 Å². The summed E-state index contributed by atoms with van der Waals surface area (Å²) in [6.07, 6.45) is 1.50. The van der Waals surface area contributed by atoms with Crippen LogP contribution >= 0.6 is 0 Å². The van der Waals surface area contributed by atoms with Crippen molar-refractivity contribution in [3.63, 3.8) is 0 Å². The van der Waals surface area contributed by atoms with Crippen molar-refractivity contribution in [3.8, 4) is 17.2 Å². The number of para-hydroxylation sites is 2. The Balaban J connectivity index is 1.75. The summed E-state index contributed by atoms with van der Waals surface area (Å²) in [6, 6.07) is 14.0. The van der Waals surface area contributed by atoms with E-state index in [0.29, 0.717) is 17.2 Å². The molecule has 0 bridgehead atoms. The van der Waals surface area contributed by atoms with Crippen molar-refractivity contribution in [1.82, 2.24) is 10.7 Å². The first-order valence-electron chi connectivity index (χ1n) is 9.38. The van der Waals surface area contributed by atoms with Crippen molar-refractivity contribution in [2.24, 2.45) is 5.10 Å². The van der Waals surface area contributed by atoms with Gasteiger partial charge in [0.05, 0.1) is 13.3 Å². The molecule has 0 radical (unpaired) electrons. The lowest BCUT2D eigenvalue weighted by atomic mass is 10.1. The van der Waals surface area contributed by atoms with Gasteiger partial charge in [0.1, 0.15) is 5.75 Å². The molecule has 8 nitrogen and oxygen atoms in total. The van der Waals surface area contributed by atoms with Gasteiger partial charge >= 0.3 is 0 Å². The molecule has 0 aliphatic rings. The molecule has 0 saturated carbocycles. The highest BCUT2D eigenvalue weighted by Gasteiger charge is 2.13. The molecule has 0 fully saturated rings. The van der Waals surface area contributed by atoms with Crippen LogP contribution in [0, 0.1) is 0 Å². The molecule has 0 atom stereocenters. The van der Waals surface area contributed by atoms with E-state index >= 15 is 0 Å². The molecule has 2 aromatic carbocycles. The lowest BCUT2D eigenvalue weighted by Gasteiger charge is -2.20. The summed E-state index contributed by atoms with van der Waals surface area (Å²) in [5, 5.41) is 6.72. The number of nitrogens with one attached hydrogen (secondary N) is 2. The number of hydrazone groups is 1. The van der Waals surface area contributed by atoms with E-state index in [1.54, 1.807) is 42.5 Å². The number of benzene rings is 2. The normalized spacial score (nSPS) is 11.1. The van der Waals surface area contributed by atoms with Crippen LogP contribution in [0.1, 0.15) is 26.3 Å². The van der Waals surface area contributed by atoms with Crippen LogP contribution in [-0.4, -0.2) is 43.9 Å². The summed E-state index contributed by atoms with van der Waals surface area (Å²) in [5.41, 5.74) is 2.85. The number of ether oxygens (including phenoxy) is 3. The molecule has 2 amide bonds. The lowest BCUT2D eigenvalue weighted by Crippen LogP contribution is -2.43. The number of nitrogens with zero attached hydrogens (tertiary/aromatic N) is 1. The summed E-state index contributed by atoms with van der Waals surface area (Å²) in [7, 11) is 1.53. The molecule has 2 rings (SSSR count). The number of rotatable bonds is 9. The molecule has 0 aromatic heterocycles. The topological polar surface area (TPSA) is 98.2 Å². The van der Waals surface area contributed by atoms with E-state index in [9.17, 15) is 9.59 Å². The fourth-order valence-electron chi connectivity index (χ4n) is 2.35. The maximum absolute atomic E-state index is 11.9. The van der Waals surface area contributed by atoms with E-state index in [4.69, 9.17) is 14.2 Å². The molecule has 0 heterocycles. The Morgan fingerprint density at radius 3 is 2.20 bits per heavy atom. The van der Waals surface area contributed by atoms with Gasteiger partial charge in [-0.1, -0.05) is 12.1 Å². The maximum atomic E-state index is 11.9. The smallest absolute Gasteiger partial charge is 0.277 e. The van der Waals surface area contributed by atoms with Gasteiger partial charge in [0.2, 0.25) is 0 Å². The fourth-order valence-corrected chi connectivity index (χ4v) is 2.35. The zero-order chi connectivity index (χ0) is 22.0. The van der Waals surface area contributed by atoms with E-state index in [1.165, 1.54) is 13.3 Å². The first kappa shape index (κ1) is 22.7. The molecule has 160 valence electrons. The molecule has 30 heavy (non-hydrogen) atoms. The average Bonchev–Trinajstić information content (AvgIpc) is 2.70. The minimum atomic E-state index is -0.401. The second-order valence-electron chi connectivity index (χ2n) is 7.39. The van der Waals surface area contributed by atoms with Gasteiger partial charge in [-0.2, -0.15) is 5.10 Å². The molecule has 2 aromatic rings. The Morgan fingerprint density at radius 2 is 1.57 bits per heavy atom. The van der Waals surface area contributed by atoms with Crippen molar-refractivity contribution in [1.29, 1.82) is 0 Å². The SMILES string of the molecule is COc1ccccc1OCC(=O)N/N=C\c1ccc(OCC(=O)NC(C)(C)C)cc1. The van der Waals surface area contributed by atoms with Crippen molar-refractivity contribution >= 4 is 18.0 Å². The monoisotopic (exact) mass is 413 g/mol. The highest BCUT2D eigenvalue weighted by molar-refractivity contribution is 5.83. The fraction of sp³-hybridized carbons (Fsp3) is 0.318. The molecule has 0 aliphatic carbocycles. The van der Waals surface area contributed by atoms with E-state index < -0.39 is 5.91 Å². The number of methoxy groups -OCH3 is 1. The van der Waals surface area contributed by atoms with Crippen molar-refractivity contribution in [2.45, 2.75) is 26.3 Å². The quantitative estimate of drug-likeness (QED) is 0.486. The lowest BCUT2D eigenvalue weighted by molar-refractivity contribution is -0.124. The molecule has 0 unspecified atom stereocenters. The van der Waals surface area contributed by atoms with Gasteiger partial charge in [-0.3, -0.25) is 9.59 Å². The van der Waals surface area contributed by atoms with Crippen LogP contribution in [0.15, 0.2) is 53.6 Å². The minimum Gasteiger partial charge on any atom is -0.493 e. The third-order valence-corrected chi connectivity index (χ3v) is 3.60. The molecular weight excluding hydrogens is 386 g/mol. The van der Waals surface area contributed by atoms with Crippen molar-refractivity contribution in [2.75, 3.05) is 20.3 Å². The Bertz CT molecular complexity index is 873. The summed E-state index contributed by atoms with van der Waals surface area (Å²) in [5.74, 6) is 0.997. The molecule has 8 heteroatoms. The zero-order valence-corrected chi connectivity index (χ0v) is 17.6. The largest absolute Gasteiger partial charge is 0.493 e. The molecule has 0 spiro atoms. The van der Waals surface area contributed by atoms with Gasteiger partial charge in [0.25, 0.3) is 11.8 Å². The average molecular weight is 413 g/mol. The van der Waals surface area contributed by atoms with Gasteiger partial charge in [-0.05, 0) is 62.7 Å². The summed E-state index contributed by atoms with van der Waals surface area (Å²) < 4.78 is 16.0. The van der Waals surface area contributed by atoms with Crippen molar-refractivity contribution < 1.29 is 23.8 Å². The third-order valence-electron chi connectivity index (χ3n) is 3.60. The summed E-state index contributed by atoms with van der Waals surface area (Å²) in [6.45, 7) is 5.46. The molecular formula is C22H27N3O5. The van der Waals surface area contributed by atoms with Gasteiger partial charge in [-0.15, -0.1) is 0 Å². The number of hydrogen-bond acceptors (Lipinski definition) is 6. The standard InChI is InChI=1S/C22H27N3O5/c1-22(2,3)24-20(26)14-29-17-11-9-16(10-12-17)13-23-25-21(27)15-30-19-8-6-5-7-18(19)28-4/h5-13H,14-15H2,1-4H3,(H,24,26)(H,25,27)/b23-13-. The van der Waals surface area contributed by atoms with Gasteiger partial charge in [0.15, 0.2) is 24.7 Å². The number of carbonyl (C=O) groups is 2. The Hall–Kier alpha value is -3.55. The minimum absolute atomic E-state index is 0.0625. The van der Waals surface area contributed by atoms with Crippen LogP contribution in [-0.2, 0) is 9.59 Å². The highest BCUT2D eigenvalue weighted by Crippen LogP contribution is 2.25. The second-order valence-corrected chi connectivity index (χ2v) is 7.39. The van der Waals surface area contributed by atoms with Crippen molar-refractivity contribution in [3.05, 3.63) is 54.1 Å². The van der Waals surface area contributed by atoms with E-state index in [1.807, 2.05) is 26.8 Å². The van der Waals surface area contributed by atoms with Crippen LogP contribution in [0.3, 0.4) is 0 Å². The molecule has 0 saturated heterocycles. The van der Waals surface area contributed by atoms with Crippen LogP contribution in [0.4, 0.5) is 0 Å². The van der Waals surface area contributed by atoms with Crippen LogP contribution in [0.5, 0.6) is 17.2 Å². The second kappa shape index (κ2) is 10.8.